The summed E-state index contributed by atoms with van der Waals surface area (Å²) in [5, 5.41) is 10.9. The SMILES string of the molecule is CC1(C)CC1CNS(=O)(=O)c1ccc(N)cc1[N+](=O)[O-]. The van der Waals surface area contributed by atoms with E-state index in [2.05, 4.69) is 18.6 Å². The van der Waals surface area contributed by atoms with Crippen LogP contribution in [0.2, 0.25) is 0 Å². The predicted octanol–water partition coefficient (Wildman–Crippen LogP) is 1.50. The van der Waals surface area contributed by atoms with Gasteiger partial charge in [-0.3, -0.25) is 10.1 Å². The lowest BCUT2D eigenvalue weighted by molar-refractivity contribution is -0.387. The zero-order valence-corrected chi connectivity index (χ0v) is 12.1. The summed E-state index contributed by atoms with van der Waals surface area (Å²) in [4.78, 5) is 9.84. The molecule has 0 heterocycles. The minimum absolute atomic E-state index is 0.134. The Balaban J connectivity index is 2.23. The Morgan fingerprint density at radius 3 is 2.60 bits per heavy atom. The molecule has 3 N–H and O–H groups in total. The van der Waals surface area contributed by atoms with Crippen molar-refractivity contribution < 1.29 is 13.3 Å². The maximum Gasteiger partial charge on any atom is 0.291 e. The Hall–Kier alpha value is -1.67. The van der Waals surface area contributed by atoms with Gasteiger partial charge in [-0.25, -0.2) is 13.1 Å². The average Bonchev–Trinajstić information content (AvgIpc) is 2.94. The highest BCUT2D eigenvalue weighted by Gasteiger charge is 2.45. The number of nitro benzene ring substituents is 1. The second-order valence-corrected chi connectivity index (χ2v) is 7.46. The fourth-order valence-electron chi connectivity index (χ4n) is 2.12. The molecular weight excluding hydrogens is 282 g/mol. The van der Waals surface area contributed by atoms with Crippen molar-refractivity contribution in [2.45, 2.75) is 25.2 Å². The first kappa shape index (κ1) is 14.7. The molecule has 2 rings (SSSR count). The van der Waals surface area contributed by atoms with Crippen LogP contribution in [0.3, 0.4) is 0 Å². The van der Waals surface area contributed by atoms with E-state index in [0.29, 0.717) is 0 Å². The summed E-state index contributed by atoms with van der Waals surface area (Å²) in [5.74, 6) is 0.269. The van der Waals surface area contributed by atoms with Gasteiger partial charge in [-0.1, -0.05) is 13.8 Å². The average molecular weight is 299 g/mol. The summed E-state index contributed by atoms with van der Waals surface area (Å²) in [6, 6.07) is 3.55. The van der Waals surface area contributed by atoms with Crippen LogP contribution >= 0.6 is 0 Å². The van der Waals surface area contributed by atoms with E-state index in [1.807, 2.05) is 0 Å². The van der Waals surface area contributed by atoms with Gasteiger partial charge in [0.15, 0.2) is 4.90 Å². The molecule has 1 atom stereocenters. The van der Waals surface area contributed by atoms with Crippen molar-refractivity contribution in [3.63, 3.8) is 0 Å². The van der Waals surface area contributed by atoms with Gasteiger partial charge in [-0.2, -0.15) is 0 Å². The van der Waals surface area contributed by atoms with Crippen molar-refractivity contribution in [2.24, 2.45) is 11.3 Å². The van der Waals surface area contributed by atoms with Crippen LogP contribution in [0.4, 0.5) is 11.4 Å². The second kappa shape index (κ2) is 4.71. The zero-order valence-electron chi connectivity index (χ0n) is 11.3. The standard InChI is InChI=1S/C12H17N3O4S/c1-12(2)6-8(12)7-14-20(18,19)11-4-3-9(13)5-10(11)15(16)17/h3-5,8,14H,6-7,13H2,1-2H3. The van der Waals surface area contributed by atoms with E-state index >= 15 is 0 Å². The van der Waals surface area contributed by atoms with Gasteiger partial charge in [0.25, 0.3) is 5.69 Å². The molecule has 0 radical (unpaired) electrons. The molecule has 1 fully saturated rings. The van der Waals surface area contributed by atoms with E-state index in [0.717, 1.165) is 18.6 Å². The summed E-state index contributed by atoms with van der Waals surface area (Å²) < 4.78 is 26.7. The van der Waals surface area contributed by atoms with E-state index < -0.39 is 20.6 Å². The van der Waals surface area contributed by atoms with Crippen LogP contribution in [0.15, 0.2) is 23.1 Å². The summed E-state index contributed by atoms with van der Waals surface area (Å²) in [6.07, 6.45) is 0.944. The third-order valence-electron chi connectivity index (χ3n) is 3.71. The van der Waals surface area contributed by atoms with E-state index in [1.54, 1.807) is 0 Å². The summed E-state index contributed by atoms with van der Waals surface area (Å²) in [7, 11) is -3.91. The molecule has 1 aromatic carbocycles. The van der Waals surface area contributed by atoms with Gasteiger partial charge in [0, 0.05) is 18.3 Å². The topological polar surface area (TPSA) is 115 Å². The van der Waals surface area contributed by atoms with Gasteiger partial charge < -0.3 is 5.73 Å². The minimum atomic E-state index is -3.91. The van der Waals surface area contributed by atoms with Gasteiger partial charge in [-0.05, 0) is 29.9 Å². The van der Waals surface area contributed by atoms with Gasteiger partial charge in [0.1, 0.15) is 0 Å². The number of nitrogen functional groups attached to an aromatic ring is 1. The number of rotatable bonds is 5. The van der Waals surface area contributed by atoms with Crippen LogP contribution in [0.1, 0.15) is 20.3 Å². The van der Waals surface area contributed by atoms with Crippen LogP contribution in [0, 0.1) is 21.4 Å². The molecule has 0 bridgehead atoms. The number of anilines is 1. The van der Waals surface area contributed by atoms with Crippen molar-refractivity contribution in [2.75, 3.05) is 12.3 Å². The van der Waals surface area contributed by atoms with Crippen LogP contribution in [-0.2, 0) is 10.0 Å². The molecule has 0 aliphatic heterocycles. The Labute approximate surface area is 117 Å². The number of hydrogen-bond acceptors (Lipinski definition) is 5. The van der Waals surface area contributed by atoms with Gasteiger partial charge in [-0.15, -0.1) is 0 Å². The zero-order chi connectivity index (χ0) is 15.1. The summed E-state index contributed by atoms with van der Waals surface area (Å²) >= 11 is 0. The molecule has 1 aliphatic rings. The largest absolute Gasteiger partial charge is 0.399 e. The number of nitrogens with one attached hydrogen (secondary N) is 1. The van der Waals surface area contributed by atoms with Crippen LogP contribution in [0.25, 0.3) is 0 Å². The molecule has 20 heavy (non-hydrogen) atoms. The molecule has 0 spiro atoms. The number of nitrogens with zero attached hydrogens (tertiary/aromatic N) is 1. The van der Waals surface area contributed by atoms with Crippen LogP contribution in [-0.4, -0.2) is 19.9 Å². The van der Waals surface area contributed by atoms with E-state index in [4.69, 9.17) is 5.73 Å². The van der Waals surface area contributed by atoms with Crippen molar-refractivity contribution >= 4 is 21.4 Å². The van der Waals surface area contributed by atoms with Crippen molar-refractivity contribution in [3.8, 4) is 0 Å². The first-order chi connectivity index (χ1) is 9.13. The molecule has 0 saturated heterocycles. The van der Waals surface area contributed by atoms with Crippen molar-refractivity contribution in [1.29, 1.82) is 0 Å². The Morgan fingerprint density at radius 2 is 2.10 bits per heavy atom. The number of sulfonamides is 1. The fraction of sp³-hybridized carbons (Fsp3) is 0.500. The molecule has 1 unspecified atom stereocenters. The molecule has 0 aromatic heterocycles. The minimum Gasteiger partial charge on any atom is -0.399 e. The number of nitro groups is 1. The highest BCUT2D eigenvalue weighted by molar-refractivity contribution is 7.89. The van der Waals surface area contributed by atoms with E-state index in [1.165, 1.54) is 6.07 Å². The van der Waals surface area contributed by atoms with E-state index in [-0.39, 0.29) is 28.5 Å². The Morgan fingerprint density at radius 1 is 1.50 bits per heavy atom. The molecule has 110 valence electrons. The monoisotopic (exact) mass is 299 g/mol. The highest BCUT2D eigenvalue weighted by atomic mass is 32.2. The highest BCUT2D eigenvalue weighted by Crippen LogP contribution is 2.51. The first-order valence-corrected chi connectivity index (χ1v) is 7.65. The predicted molar refractivity (Wildman–Crippen MR) is 74.6 cm³/mol. The second-order valence-electron chi connectivity index (χ2n) is 5.73. The normalized spacial score (nSPS) is 20.6. The third-order valence-corrected chi connectivity index (χ3v) is 5.18. The van der Waals surface area contributed by atoms with Gasteiger partial charge >= 0.3 is 0 Å². The van der Waals surface area contributed by atoms with Gasteiger partial charge in [0.2, 0.25) is 10.0 Å². The molecular formula is C12H17N3O4S. The Bertz CT molecular complexity index is 655. The summed E-state index contributed by atoms with van der Waals surface area (Å²) in [5.41, 5.74) is 5.24. The number of nitrogens with two attached hydrogens (primary N) is 1. The van der Waals surface area contributed by atoms with Gasteiger partial charge in [0.05, 0.1) is 4.92 Å². The van der Waals surface area contributed by atoms with Crippen LogP contribution in [0.5, 0.6) is 0 Å². The lowest BCUT2D eigenvalue weighted by Gasteiger charge is -2.08. The molecule has 0 amide bonds. The number of hydrogen-bond donors (Lipinski definition) is 2. The van der Waals surface area contributed by atoms with Crippen LogP contribution < -0.4 is 10.5 Å². The quantitative estimate of drug-likeness (QED) is 0.485. The maximum atomic E-state index is 12.2. The third kappa shape index (κ3) is 2.91. The molecule has 1 aliphatic carbocycles. The fourth-order valence-corrected chi connectivity index (χ4v) is 3.35. The van der Waals surface area contributed by atoms with Crippen molar-refractivity contribution in [1.82, 2.24) is 4.72 Å². The first-order valence-electron chi connectivity index (χ1n) is 6.17. The molecule has 1 saturated carbocycles. The molecule has 8 heteroatoms. The number of benzene rings is 1. The molecule has 7 nitrogen and oxygen atoms in total. The molecule has 1 aromatic rings. The Kier molecular flexibility index (Phi) is 3.47. The smallest absolute Gasteiger partial charge is 0.291 e. The van der Waals surface area contributed by atoms with Crippen molar-refractivity contribution in [3.05, 3.63) is 28.3 Å². The van der Waals surface area contributed by atoms with E-state index in [9.17, 15) is 18.5 Å². The maximum absolute atomic E-state index is 12.2. The lowest BCUT2D eigenvalue weighted by atomic mass is 10.1. The lowest BCUT2D eigenvalue weighted by Crippen LogP contribution is -2.27. The summed E-state index contributed by atoms with van der Waals surface area (Å²) in [6.45, 7) is 4.39.